The first-order valence-electron chi connectivity index (χ1n) is 7.68. The summed E-state index contributed by atoms with van der Waals surface area (Å²) in [5.74, 6) is 0.948. The van der Waals surface area contributed by atoms with Gasteiger partial charge < -0.3 is 10.1 Å². The Morgan fingerprint density at radius 2 is 2.00 bits per heavy atom. The van der Waals surface area contributed by atoms with Crippen LogP contribution in [-0.4, -0.2) is 7.11 Å². The van der Waals surface area contributed by atoms with Crippen molar-refractivity contribution in [3.8, 4) is 5.75 Å². The second-order valence-electron chi connectivity index (χ2n) is 5.90. The van der Waals surface area contributed by atoms with Crippen LogP contribution in [0.5, 0.6) is 5.75 Å². The van der Waals surface area contributed by atoms with E-state index in [1.807, 2.05) is 0 Å². The van der Waals surface area contributed by atoms with Gasteiger partial charge in [0.2, 0.25) is 0 Å². The van der Waals surface area contributed by atoms with Gasteiger partial charge in [0.15, 0.2) is 0 Å². The number of anilines is 1. The first-order valence-corrected chi connectivity index (χ1v) is 7.68. The van der Waals surface area contributed by atoms with Gasteiger partial charge in [0.1, 0.15) is 5.75 Å². The molecule has 0 radical (unpaired) electrons. The summed E-state index contributed by atoms with van der Waals surface area (Å²) in [5, 5.41) is 3.74. The minimum Gasteiger partial charge on any atom is -0.497 e. The summed E-state index contributed by atoms with van der Waals surface area (Å²) in [7, 11) is 1.73. The number of nitrogens with one attached hydrogen (secondary N) is 1. The number of fused-ring (bicyclic) bond motifs is 1. The number of benzene rings is 2. The molecule has 0 spiro atoms. The fourth-order valence-electron chi connectivity index (χ4n) is 3.15. The molecule has 0 bridgehead atoms. The maximum Gasteiger partial charge on any atom is 0.119 e. The van der Waals surface area contributed by atoms with Gasteiger partial charge in [-0.1, -0.05) is 18.2 Å². The van der Waals surface area contributed by atoms with E-state index in [4.69, 9.17) is 4.74 Å². The zero-order valence-electron chi connectivity index (χ0n) is 13.1. The van der Waals surface area contributed by atoms with Crippen molar-refractivity contribution in [2.75, 3.05) is 12.4 Å². The van der Waals surface area contributed by atoms with Gasteiger partial charge in [-0.25, -0.2) is 0 Å². The van der Waals surface area contributed by atoms with Crippen LogP contribution in [-0.2, 0) is 6.42 Å². The molecule has 1 aliphatic carbocycles. The Morgan fingerprint density at radius 1 is 1.14 bits per heavy atom. The third-order valence-corrected chi connectivity index (χ3v) is 4.60. The molecular formula is C19H23NO. The third-order valence-electron chi connectivity index (χ3n) is 4.60. The highest BCUT2D eigenvalue weighted by atomic mass is 16.5. The molecule has 2 aromatic carbocycles. The van der Waals surface area contributed by atoms with Gasteiger partial charge in [0.05, 0.1) is 13.2 Å². The second kappa shape index (κ2) is 5.80. The topological polar surface area (TPSA) is 21.3 Å². The normalized spacial score (nSPS) is 17.2. The van der Waals surface area contributed by atoms with E-state index in [9.17, 15) is 0 Å². The number of ether oxygens (including phenoxy) is 1. The lowest BCUT2D eigenvalue weighted by molar-refractivity contribution is 0.413. The summed E-state index contributed by atoms with van der Waals surface area (Å²) in [4.78, 5) is 0. The van der Waals surface area contributed by atoms with Crippen molar-refractivity contribution in [3.05, 3.63) is 58.7 Å². The van der Waals surface area contributed by atoms with Crippen LogP contribution in [0.25, 0.3) is 0 Å². The molecule has 0 saturated heterocycles. The fourth-order valence-corrected chi connectivity index (χ4v) is 3.15. The van der Waals surface area contributed by atoms with E-state index in [1.54, 1.807) is 7.11 Å². The lowest BCUT2D eigenvalue weighted by Crippen LogP contribution is -2.18. The van der Waals surface area contributed by atoms with Gasteiger partial charge in [-0.2, -0.15) is 0 Å². The van der Waals surface area contributed by atoms with Crippen LogP contribution in [0.15, 0.2) is 36.4 Å². The van der Waals surface area contributed by atoms with Crippen molar-refractivity contribution in [2.24, 2.45) is 0 Å². The highest BCUT2D eigenvalue weighted by molar-refractivity contribution is 5.56. The second-order valence-corrected chi connectivity index (χ2v) is 5.90. The van der Waals surface area contributed by atoms with E-state index in [1.165, 1.54) is 47.2 Å². The van der Waals surface area contributed by atoms with Crippen molar-refractivity contribution >= 4 is 5.69 Å². The van der Waals surface area contributed by atoms with Gasteiger partial charge in [-0.3, -0.25) is 0 Å². The maximum absolute atomic E-state index is 5.39. The lowest BCUT2D eigenvalue weighted by Gasteiger charge is -2.28. The Labute approximate surface area is 127 Å². The van der Waals surface area contributed by atoms with E-state index >= 15 is 0 Å². The standard InChI is InChI=1S/C19H23NO/c1-13-6-4-8-18(14(13)2)20-19-9-5-7-15-10-11-16(21-3)12-17(15)19/h4,6,8,10-12,19-20H,5,7,9H2,1-3H3. The van der Waals surface area contributed by atoms with E-state index in [-0.39, 0.29) is 0 Å². The number of hydrogen-bond acceptors (Lipinski definition) is 2. The zero-order valence-corrected chi connectivity index (χ0v) is 13.1. The van der Waals surface area contributed by atoms with Gasteiger partial charge >= 0.3 is 0 Å². The number of aryl methyl sites for hydroxylation is 2. The minimum atomic E-state index is 0.379. The van der Waals surface area contributed by atoms with E-state index < -0.39 is 0 Å². The average molecular weight is 281 g/mol. The van der Waals surface area contributed by atoms with Crippen molar-refractivity contribution in [3.63, 3.8) is 0 Å². The number of hydrogen-bond donors (Lipinski definition) is 1. The first kappa shape index (κ1) is 14.0. The molecule has 2 heteroatoms. The SMILES string of the molecule is COc1ccc2c(c1)C(Nc1cccc(C)c1C)CCC2. The molecular weight excluding hydrogens is 258 g/mol. The first-order chi connectivity index (χ1) is 10.2. The Bertz CT molecular complexity index is 648. The third kappa shape index (κ3) is 2.76. The molecule has 2 aromatic rings. The summed E-state index contributed by atoms with van der Waals surface area (Å²) < 4.78 is 5.39. The molecule has 0 fully saturated rings. The quantitative estimate of drug-likeness (QED) is 0.872. The highest BCUT2D eigenvalue weighted by Gasteiger charge is 2.21. The molecule has 0 saturated carbocycles. The van der Waals surface area contributed by atoms with E-state index in [2.05, 4.69) is 55.6 Å². The molecule has 1 aliphatic rings. The summed E-state index contributed by atoms with van der Waals surface area (Å²) in [5.41, 5.74) is 6.76. The van der Waals surface area contributed by atoms with Crippen LogP contribution >= 0.6 is 0 Å². The molecule has 0 aliphatic heterocycles. The van der Waals surface area contributed by atoms with E-state index in [0.29, 0.717) is 6.04 Å². The monoisotopic (exact) mass is 281 g/mol. The Balaban J connectivity index is 1.93. The molecule has 1 N–H and O–H groups in total. The van der Waals surface area contributed by atoms with Crippen LogP contribution in [0, 0.1) is 13.8 Å². The van der Waals surface area contributed by atoms with Crippen LogP contribution < -0.4 is 10.1 Å². The predicted molar refractivity (Wildman–Crippen MR) is 88.2 cm³/mol. The largest absolute Gasteiger partial charge is 0.497 e. The summed E-state index contributed by atoms with van der Waals surface area (Å²) in [6, 6.07) is 13.3. The van der Waals surface area contributed by atoms with E-state index in [0.717, 1.165) is 5.75 Å². The molecule has 21 heavy (non-hydrogen) atoms. The van der Waals surface area contributed by atoms with Crippen LogP contribution in [0.1, 0.15) is 41.1 Å². The molecule has 0 amide bonds. The Morgan fingerprint density at radius 3 is 2.81 bits per heavy atom. The number of rotatable bonds is 3. The van der Waals surface area contributed by atoms with Crippen LogP contribution in [0.3, 0.4) is 0 Å². The van der Waals surface area contributed by atoms with Crippen LogP contribution in [0.4, 0.5) is 5.69 Å². The Kier molecular flexibility index (Phi) is 3.87. The smallest absolute Gasteiger partial charge is 0.119 e. The summed E-state index contributed by atoms with van der Waals surface area (Å²) in [6.07, 6.45) is 3.58. The van der Waals surface area contributed by atoms with Crippen molar-refractivity contribution < 1.29 is 4.74 Å². The molecule has 2 nitrogen and oxygen atoms in total. The molecule has 3 rings (SSSR count). The zero-order chi connectivity index (χ0) is 14.8. The Hall–Kier alpha value is -1.96. The average Bonchev–Trinajstić information content (AvgIpc) is 2.51. The summed E-state index contributed by atoms with van der Waals surface area (Å²) in [6.45, 7) is 4.35. The van der Waals surface area contributed by atoms with Gasteiger partial charge in [0.25, 0.3) is 0 Å². The molecule has 1 atom stereocenters. The summed E-state index contributed by atoms with van der Waals surface area (Å²) >= 11 is 0. The lowest BCUT2D eigenvalue weighted by atomic mass is 9.87. The van der Waals surface area contributed by atoms with Crippen molar-refractivity contribution in [2.45, 2.75) is 39.2 Å². The predicted octanol–water partition coefficient (Wildman–Crippen LogP) is 4.80. The molecule has 0 heterocycles. The molecule has 0 aromatic heterocycles. The minimum absolute atomic E-state index is 0.379. The van der Waals surface area contributed by atoms with Crippen molar-refractivity contribution in [1.29, 1.82) is 0 Å². The van der Waals surface area contributed by atoms with Crippen LogP contribution in [0.2, 0.25) is 0 Å². The van der Waals surface area contributed by atoms with Gasteiger partial charge in [0, 0.05) is 5.69 Å². The van der Waals surface area contributed by atoms with Gasteiger partial charge in [-0.15, -0.1) is 0 Å². The highest BCUT2D eigenvalue weighted by Crippen LogP contribution is 2.35. The number of methoxy groups -OCH3 is 1. The molecule has 110 valence electrons. The molecule has 1 unspecified atom stereocenters. The van der Waals surface area contributed by atoms with Gasteiger partial charge in [-0.05, 0) is 73.6 Å². The maximum atomic E-state index is 5.39. The fraction of sp³-hybridized carbons (Fsp3) is 0.368. The van der Waals surface area contributed by atoms with Crippen molar-refractivity contribution in [1.82, 2.24) is 0 Å².